The maximum atomic E-state index is 11.8. The van der Waals surface area contributed by atoms with Crippen LogP contribution < -0.4 is 5.32 Å². The predicted octanol–water partition coefficient (Wildman–Crippen LogP) is 1.01. The summed E-state index contributed by atoms with van der Waals surface area (Å²) < 4.78 is 5.23. The summed E-state index contributed by atoms with van der Waals surface area (Å²) in [6, 6.07) is 1.21. The number of nitrogens with one attached hydrogen (secondary N) is 1. The van der Waals surface area contributed by atoms with E-state index in [1.807, 2.05) is 0 Å². The molecule has 4 nitrogen and oxygen atoms in total. The van der Waals surface area contributed by atoms with Crippen LogP contribution in [-0.4, -0.2) is 49.2 Å². The van der Waals surface area contributed by atoms with E-state index in [-0.39, 0.29) is 0 Å². The maximum Gasteiger partial charge on any atom is 0.224 e. The molecule has 2 rings (SSSR count). The average Bonchev–Trinajstić information content (AvgIpc) is 3.03. The van der Waals surface area contributed by atoms with Gasteiger partial charge < -0.3 is 15.0 Å². The number of methoxy groups -OCH3 is 1. The zero-order valence-electron chi connectivity index (χ0n) is 11.1. The molecule has 0 aromatic rings. The predicted molar refractivity (Wildman–Crippen MR) is 66.8 cm³/mol. The van der Waals surface area contributed by atoms with Gasteiger partial charge in [-0.1, -0.05) is 13.8 Å². The van der Waals surface area contributed by atoms with Crippen molar-refractivity contribution in [2.45, 2.75) is 51.2 Å². The molecule has 1 heterocycles. The van der Waals surface area contributed by atoms with Crippen LogP contribution in [0, 0.1) is 5.92 Å². The van der Waals surface area contributed by atoms with Crippen LogP contribution in [0.5, 0.6) is 0 Å². The number of likely N-dealkylation sites (tertiary alicyclic amines) is 1. The summed E-state index contributed by atoms with van der Waals surface area (Å²) in [5.74, 6) is 0.852. The second kappa shape index (κ2) is 5.36. The van der Waals surface area contributed by atoms with Crippen molar-refractivity contribution in [3.63, 3.8) is 0 Å². The minimum atomic E-state index is 0.311. The van der Waals surface area contributed by atoms with Crippen LogP contribution in [0.25, 0.3) is 0 Å². The third-order valence-electron chi connectivity index (χ3n) is 3.75. The van der Waals surface area contributed by atoms with Crippen LogP contribution in [0.1, 0.15) is 33.1 Å². The first-order chi connectivity index (χ1) is 8.11. The molecule has 0 bridgehead atoms. The van der Waals surface area contributed by atoms with Crippen LogP contribution in [0.2, 0.25) is 0 Å². The molecule has 1 N–H and O–H groups in total. The highest BCUT2D eigenvalue weighted by atomic mass is 16.5. The molecule has 4 heteroatoms. The van der Waals surface area contributed by atoms with Crippen molar-refractivity contribution in [1.29, 1.82) is 0 Å². The van der Waals surface area contributed by atoms with Crippen LogP contribution in [-0.2, 0) is 9.53 Å². The Hall–Kier alpha value is -0.610. The van der Waals surface area contributed by atoms with Crippen LogP contribution in [0.4, 0.5) is 0 Å². The van der Waals surface area contributed by atoms with Crippen molar-refractivity contribution in [2.24, 2.45) is 5.92 Å². The number of hydrogen-bond acceptors (Lipinski definition) is 3. The van der Waals surface area contributed by atoms with Crippen molar-refractivity contribution in [2.75, 3.05) is 20.3 Å². The lowest BCUT2D eigenvalue weighted by Crippen LogP contribution is -2.45. The van der Waals surface area contributed by atoms with Crippen LogP contribution in [0.15, 0.2) is 0 Å². The van der Waals surface area contributed by atoms with Gasteiger partial charge in [-0.25, -0.2) is 0 Å². The number of ether oxygens (including phenoxy) is 1. The lowest BCUT2D eigenvalue weighted by molar-refractivity contribution is -0.128. The minimum Gasteiger partial charge on any atom is -0.383 e. The van der Waals surface area contributed by atoms with E-state index in [9.17, 15) is 4.79 Å². The summed E-state index contributed by atoms with van der Waals surface area (Å²) in [7, 11) is 1.73. The molecule has 0 aromatic carbocycles. The molecule has 0 unspecified atom stereocenters. The first-order valence-corrected chi connectivity index (χ1v) is 6.66. The first kappa shape index (κ1) is 12.8. The Morgan fingerprint density at radius 1 is 1.47 bits per heavy atom. The van der Waals surface area contributed by atoms with Crippen molar-refractivity contribution < 1.29 is 9.53 Å². The Morgan fingerprint density at radius 3 is 2.71 bits per heavy atom. The van der Waals surface area contributed by atoms with Crippen LogP contribution in [0.3, 0.4) is 0 Å². The molecule has 2 aliphatic rings. The molecule has 0 aromatic heterocycles. The molecule has 17 heavy (non-hydrogen) atoms. The van der Waals surface area contributed by atoms with Gasteiger partial charge in [-0.15, -0.1) is 0 Å². The number of nitrogens with zero attached hydrogens (tertiary/aromatic N) is 1. The standard InChI is InChI=1S/C13H24N2O2/c1-9(2)12(8-17-3)14-10-6-13(16)15(7-10)11-4-5-11/h9-12,14H,4-8H2,1-3H3/t10-,12-/m1/s1. The van der Waals surface area contributed by atoms with Crippen molar-refractivity contribution in [3.8, 4) is 0 Å². The second-order valence-electron chi connectivity index (χ2n) is 5.65. The fourth-order valence-electron chi connectivity index (χ4n) is 2.50. The van der Waals surface area contributed by atoms with Gasteiger partial charge in [0.15, 0.2) is 0 Å². The van der Waals surface area contributed by atoms with E-state index in [0.717, 1.165) is 6.54 Å². The summed E-state index contributed by atoms with van der Waals surface area (Å²) in [5.41, 5.74) is 0. The van der Waals surface area contributed by atoms with Gasteiger partial charge in [0, 0.05) is 38.2 Å². The zero-order valence-corrected chi connectivity index (χ0v) is 11.1. The highest BCUT2D eigenvalue weighted by molar-refractivity contribution is 5.80. The van der Waals surface area contributed by atoms with Crippen molar-refractivity contribution >= 4 is 5.91 Å². The van der Waals surface area contributed by atoms with Crippen molar-refractivity contribution in [3.05, 3.63) is 0 Å². The molecule has 98 valence electrons. The van der Waals surface area contributed by atoms with E-state index >= 15 is 0 Å². The Morgan fingerprint density at radius 2 is 2.18 bits per heavy atom. The molecule has 2 fully saturated rings. The SMILES string of the molecule is COC[C@@H](N[C@@H]1CC(=O)N(C2CC2)C1)C(C)C. The van der Waals surface area contributed by atoms with E-state index in [0.29, 0.717) is 43.0 Å². The summed E-state index contributed by atoms with van der Waals surface area (Å²) >= 11 is 0. The largest absolute Gasteiger partial charge is 0.383 e. The topological polar surface area (TPSA) is 41.6 Å². The molecule has 0 spiro atoms. The van der Waals surface area contributed by atoms with Gasteiger partial charge in [-0.3, -0.25) is 4.79 Å². The molecule has 1 saturated carbocycles. The first-order valence-electron chi connectivity index (χ1n) is 6.66. The van der Waals surface area contributed by atoms with Crippen molar-refractivity contribution in [1.82, 2.24) is 10.2 Å². The van der Waals surface area contributed by atoms with E-state index in [4.69, 9.17) is 4.74 Å². The fourth-order valence-corrected chi connectivity index (χ4v) is 2.50. The lowest BCUT2D eigenvalue weighted by Gasteiger charge is -2.25. The summed E-state index contributed by atoms with van der Waals surface area (Å²) in [6.07, 6.45) is 3.05. The molecular weight excluding hydrogens is 216 g/mol. The average molecular weight is 240 g/mol. The highest BCUT2D eigenvalue weighted by Crippen LogP contribution is 2.30. The molecular formula is C13H24N2O2. The van der Waals surface area contributed by atoms with Gasteiger partial charge in [0.1, 0.15) is 0 Å². The number of hydrogen-bond donors (Lipinski definition) is 1. The Labute approximate surface area is 104 Å². The second-order valence-corrected chi connectivity index (χ2v) is 5.65. The number of carbonyl (C=O) groups excluding carboxylic acids is 1. The summed E-state index contributed by atoms with van der Waals surface area (Å²) in [4.78, 5) is 13.9. The molecule has 1 aliphatic carbocycles. The summed E-state index contributed by atoms with van der Waals surface area (Å²) in [6.45, 7) is 5.97. The maximum absolute atomic E-state index is 11.8. The quantitative estimate of drug-likeness (QED) is 0.753. The van der Waals surface area contributed by atoms with Crippen LogP contribution >= 0.6 is 0 Å². The molecule has 1 aliphatic heterocycles. The van der Waals surface area contributed by atoms with Gasteiger partial charge >= 0.3 is 0 Å². The Bertz CT molecular complexity index is 277. The number of amides is 1. The smallest absolute Gasteiger partial charge is 0.224 e. The van der Waals surface area contributed by atoms with Gasteiger partial charge in [0.2, 0.25) is 5.91 Å². The summed E-state index contributed by atoms with van der Waals surface area (Å²) in [5, 5.41) is 3.57. The Balaban J connectivity index is 1.84. The van der Waals surface area contributed by atoms with E-state index in [1.54, 1.807) is 7.11 Å². The van der Waals surface area contributed by atoms with Gasteiger partial charge in [0.05, 0.1) is 6.61 Å². The monoisotopic (exact) mass is 240 g/mol. The molecule has 1 saturated heterocycles. The molecule has 1 amide bonds. The van der Waals surface area contributed by atoms with Gasteiger partial charge in [-0.2, -0.15) is 0 Å². The van der Waals surface area contributed by atoms with Gasteiger partial charge in [-0.05, 0) is 18.8 Å². The molecule has 0 radical (unpaired) electrons. The number of carbonyl (C=O) groups is 1. The lowest BCUT2D eigenvalue weighted by atomic mass is 10.0. The normalized spacial score (nSPS) is 26.9. The third kappa shape index (κ3) is 3.19. The molecule has 2 atom stereocenters. The number of rotatable bonds is 6. The van der Waals surface area contributed by atoms with E-state index < -0.39 is 0 Å². The van der Waals surface area contributed by atoms with Gasteiger partial charge in [0.25, 0.3) is 0 Å². The Kier molecular flexibility index (Phi) is 4.05. The highest BCUT2D eigenvalue weighted by Gasteiger charge is 2.39. The minimum absolute atomic E-state index is 0.311. The fraction of sp³-hybridized carbons (Fsp3) is 0.923. The third-order valence-corrected chi connectivity index (χ3v) is 3.75. The zero-order chi connectivity index (χ0) is 12.4. The van der Waals surface area contributed by atoms with E-state index in [1.165, 1.54) is 12.8 Å². The van der Waals surface area contributed by atoms with E-state index in [2.05, 4.69) is 24.1 Å².